The molecule has 0 saturated carbocycles. The van der Waals surface area contributed by atoms with E-state index in [1.165, 1.54) is 11.3 Å². The van der Waals surface area contributed by atoms with E-state index in [-0.39, 0.29) is 22.6 Å². The van der Waals surface area contributed by atoms with Crippen LogP contribution in [0, 0.1) is 18.8 Å². The minimum atomic E-state index is -3.66. The number of likely N-dealkylation sites (N-methyl/N-ethyl adjacent to an activating group) is 1. The Labute approximate surface area is 232 Å². The molecule has 38 heavy (non-hydrogen) atoms. The molecule has 0 unspecified atom stereocenters. The molecular formula is C29H42N4O3S2. The van der Waals surface area contributed by atoms with Gasteiger partial charge >= 0.3 is 0 Å². The summed E-state index contributed by atoms with van der Waals surface area (Å²) in [5.74, 6) is 0.237. The van der Waals surface area contributed by atoms with Gasteiger partial charge in [-0.05, 0) is 67.7 Å². The normalized spacial score (nSPS) is 12.4. The summed E-state index contributed by atoms with van der Waals surface area (Å²) >= 11 is 1.50. The molecule has 0 spiro atoms. The van der Waals surface area contributed by atoms with Gasteiger partial charge in [0.2, 0.25) is 10.0 Å². The summed E-state index contributed by atoms with van der Waals surface area (Å²) in [5.41, 5.74) is 2.42. The van der Waals surface area contributed by atoms with Crippen LogP contribution in [-0.2, 0) is 10.0 Å². The maximum Gasteiger partial charge on any atom is 0.260 e. The number of thiazole rings is 1. The van der Waals surface area contributed by atoms with Gasteiger partial charge in [0.1, 0.15) is 0 Å². The van der Waals surface area contributed by atoms with Crippen LogP contribution >= 0.6 is 11.3 Å². The number of rotatable bonds is 13. The molecule has 3 rings (SSSR count). The van der Waals surface area contributed by atoms with Gasteiger partial charge in [0.25, 0.3) is 5.91 Å². The number of aryl methyl sites for hydroxylation is 1. The predicted octanol–water partition coefficient (Wildman–Crippen LogP) is 5.90. The lowest BCUT2D eigenvalue weighted by Crippen LogP contribution is -2.39. The van der Waals surface area contributed by atoms with Crippen molar-refractivity contribution in [1.82, 2.24) is 14.2 Å². The summed E-state index contributed by atoms with van der Waals surface area (Å²) < 4.78 is 29.5. The number of hydrogen-bond donors (Lipinski definition) is 0. The number of carbonyl (C=O) groups is 1. The summed E-state index contributed by atoms with van der Waals surface area (Å²) in [4.78, 5) is 22.8. The number of carbonyl (C=O) groups excluding carboxylic acids is 1. The fraction of sp³-hybridized carbons (Fsp3) is 0.517. The van der Waals surface area contributed by atoms with Crippen molar-refractivity contribution in [2.24, 2.45) is 11.8 Å². The first kappa shape index (κ1) is 30.2. The van der Waals surface area contributed by atoms with Gasteiger partial charge in [-0.3, -0.25) is 9.69 Å². The van der Waals surface area contributed by atoms with Crippen molar-refractivity contribution in [2.45, 2.75) is 53.4 Å². The van der Waals surface area contributed by atoms with E-state index >= 15 is 0 Å². The van der Waals surface area contributed by atoms with E-state index in [2.05, 4.69) is 18.7 Å². The third kappa shape index (κ3) is 7.20. The lowest BCUT2D eigenvalue weighted by molar-refractivity contribution is 0.0983. The second-order valence-electron chi connectivity index (χ2n) is 10.5. The second-order valence-corrected chi connectivity index (χ2v) is 13.5. The highest BCUT2D eigenvalue weighted by atomic mass is 32.2. The molecule has 0 radical (unpaired) electrons. The van der Waals surface area contributed by atoms with Crippen LogP contribution in [0.25, 0.3) is 10.2 Å². The Balaban J connectivity index is 1.93. The summed E-state index contributed by atoms with van der Waals surface area (Å²) in [6.07, 6.45) is 0. The van der Waals surface area contributed by atoms with Crippen LogP contribution in [0.1, 0.15) is 57.5 Å². The Morgan fingerprint density at radius 3 is 2.05 bits per heavy atom. The molecule has 0 bridgehead atoms. The van der Waals surface area contributed by atoms with Crippen molar-refractivity contribution >= 4 is 42.6 Å². The van der Waals surface area contributed by atoms with Crippen molar-refractivity contribution < 1.29 is 13.2 Å². The Morgan fingerprint density at radius 1 is 0.921 bits per heavy atom. The molecule has 0 N–H and O–H groups in total. The summed E-state index contributed by atoms with van der Waals surface area (Å²) in [6, 6.07) is 12.4. The van der Waals surface area contributed by atoms with Gasteiger partial charge in [-0.25, -0.2) is 13.4 Å². The Morgan fingerprint density at radius 2 is 1.53 bits per heavy atom. The van der Waals surface area contributed by atoms with Gasteiger partial charge in [0, 0.05) is 31.7 Å². The van der Waals surface area contributed by atoms with Crippen LogP contribution in [0.5, 0.6) is 0 Å². The molecule has 0 aliphatic carbocycles. The molecular weight excluding hydrogens is 516 g/mol. The number of para-hydroxylation sites is 1. The van der Waals surface area contributed by atoms with Gasteiger partial charge < -0.3 is 4.90 Å². The highest BCUT2D eigenvalue weighted by molar-refractivity contribution is 7.89. The molecule has 0 fully saturated rings. The number of anilines is 1. The smallest absolute Gasteiger partial charge is 0.260 e. The maximum absolute atomic E-state index is 13.8. The molecule has 7 nitrogen and oxygen atoms in total. The zero-order valence-corrected chi connectivity index (χ0v) is 25.4. The number of sulfonamides is 1. The number of hydrogen-bond acceptors (Lipinski definition) is 6. The van der Waals surface area contributed by atoms with Gasteiger partial charge in [0.05, 0.1) is 15.1 Å². The summed E-state index contributed by atoms with van der Waals surface area (Å²) in [6.45, 7) is 18.2. The molecule has 1 heterocycles. The molecule has 3 aromatic rings. The highest BCUT2D eigenvalue weighted by Crippen LogP contribution is 2.31. The molecule has 0 aliphatic heterocycles. The monoisotopic (exact) mass is 558 g/mol. The minimum Gasteiger partial charge on any atom is -0.302 e. The van der Waals surface area contributed by atoms with E-state index in [4.69, 9.17) is 4.98 Å². The van der Waals surface area contributed by atoms with E-state index in [1.54, 1.807) is 33.5 Å². The Bertz CT molecular complexity index is 1300. The van der Waals surface area contributed by atoms with Crippen molar-refractivity contribution in [2.75, 3.05) is 44.2 Å². The molecule has 208 valence electrons. The van der Waals surface area contributed by atoms with Gasteiger partial charge in [-0.15, -0.1) is 0 Å². The van der Waals surface area contributed by atoms with Crippen LogP contribution in [-0.4, -0.2) is 67.8 Å². The van der Waals surface area contributed by atoms with Crippen molar-refractivity contribution in [3.63, 3.8) is 0 Å². The summed E-state index contributed by atoms with van der Waals surface area (Å²) in [5, 5.41) is 0.656. The average Bonchev–Trinajstić information content (AvgIpc) is 3.31. The van der Waals surface area contributed by atoms with E-state index in [9.17, 15) is 13.2 Å². The highest BCUT2D eigenvalue weighted by Gasteiger charge is 2.27. The van der Waals surface area contributed by atoms with Crippen LogP contribution in [0.15, 0.2) is 47.4 Å². The average molecular weight is 559 g/mol. The van der Waals surface area contributed by atoms with Gasteiger partial charge in [-0.2, -0.15) is 4.31 Å². The Hall–Kier alpha value is -2.33. The number of nitrogens with zero attached hydrogens (tertiary/aromatic N) is 4. The minimum absolute atomic E-state index is 0.181. The fourth-order valence-electron chi connectivity index (χ4n) is 4.41. The zero-order chi connectivity index (χ0) is 28.0. The van der Waals surface area contributed by atoms with E-state index in [1.807, 2.05) is 52.8 Å². The molecule has 1 aromatic heterocycles. The van der Waals surface area contributed by atoms with Crippen molar-refractivity contribution in [3.8, 4) is 0 Å². The van der Waals surface area contributed by atoms with Gasteiger partial charge in [-0.1, -0.05) is 65.0 Å². The van der Waals surface area contributed by atoms with Crippen LogP contribution in [0.3, 0.4) is 0 Å². The van der Waals surface area contributed by atoms with E-state index in [0.29, 0.717) is 30.3 Å². The van der Waals surface area contributed by atoms with Crippen LogP contribution in [0.4, 0.5) is 5.13 Å². The maximum atomic E-state index is 13.8. The molecule has 9 heteroatoms. The molecule has 1 amide bonds. The summed E-state index contributed by atoms with van der Waals surface area (Å²) in [7, 11) is -3.66. The molecule has 0 atom stereocenters. The number of amides is 1. The molecule has 0 aliphatic rings. The lowest BCUT2D eigenvalue weighted by Gasteiger charge is -2.26. The standard InChI is InChI=1S/C29H42N4O3S2/c1-8-31(9-2)17-18-33(29-30-27-23(7)11-10-12-26(27)37-29)28(34)24-13-15-25(16-14-24)38(35,36)32(19-21(3)4)20-22(5)6/h10-16,21-22H,8-9,17-20H2,1-7H3. The predicted molar refractivity (Wildman–Crippen MR) is 159 cm³/mol. The SMILES string of the molecule is CCN(CC)CCN(C(=O)c1ccc(S(=O)(=O)N(CC(C)C)CC(C)C)cc1)c1nc2c(C)cccc2s1. The quantitative estimate of drug-likeness (QED) is 0.261. The topological polar surface area (TPSA) is 73.8 Å². The fourth-order valence-corrected chi connectivity index (χ4v) is 7.25. The van der Waals surface area contributed by atoms with Crippen LogP contribution < -0.4 is 4.90 Å². The number of fused-ring (bicyclic) bond motifs is 1. The largest absolute Gasteiger partial charge is 0.302 e. The number of benzene rings is 2. The number of aromatic nitrogens is 1. The first-order chi connectivity index (χ1) is 18.0. The van der Waals surface area contributed by atoms with E-state index < -0.39 is 10.0 Å². The Kier molecular flexibility index (Phi) is 10.5. The molecule has 2 aromatic carbocycles. The lowest BCUT2D eigenvalue weighted by atomic mass is 10.2. The first-order valence-electron chi connectivity index (χ1n) is 13.5. The third-order valence-corrected chi connectivity index (χ3v) is 9.39. The third-order valence-electron chi connectivity index (χ3n) is 6.50. The second kappa shape index (κ2) is 13.2. The van der Waals surface area contributed by atoms with Gasteiger partial charge in [0.15, 0.2) is 5.13 Å². The van der Waals surface area contributed by atoms with Crippen LogP contribution in [0.2, 0.25) is 0 Å². The zero-order valence-electron chi connectivity index (χ0n) is 23.8. The molecule has 0 saturated heterocycles. The van der Waals surface area contributed by atoms with E-state index in [0.717, 1.165) is 35.4 Å². The van der Waals surface area contributed by atoms with Crippen molar-refractivity contribution in [1.29, 1.82) is 0 Å². The first-order valence-corrected chi connectivity index (χ1v) is 15.7. The van der Waals surface area contributed by atoms with Crippen molar-refractivity contribution in [3.05, 3.63) is 53.6 Å².